The van der Waals surface area contributed by atoms with Gasteiger partial charge in [0.1, 0.15) is 18.1 Å². The first kappa shape index (κ1) is 19.3. The first-order valence-electron chi connectivity index (χ1n) is 8.63. The van der Waals surface area contributed by atoms with Crippen LogP contribution in [0, 0.1) is 0 Å². The van der Waals surface area contributed by atoms with Crippen molar-refractivity contribution in [2.45, 2.75) is 46.0 Å². The van der Waals surface area contributed by atoms with E-state index >= 15 is 0 Å². The molecule has 0 amide bonds. The van der Waals surface area contributed by atoms with Gasteiger partial charge in [0.2, 0.25) is 0 Å². The Kier molecular flexibility index (Phi) is 7.29. The van der Waals surface area contributed by atoms with Crippen LogP contribution in [0.3, 0.4) is 0 Å². The SMILES string of the molecule is CCC(C)c1ccc(OCc2cc(COC)c(O)c(COC)c2)cc1. The van der Waals surface area contributed by atoms with Crippen molar-refractivity contribution in [3.05, 3.63) is 58.7 Å². The molecular formula is C21H28O4. The lowest BCUT2D eigenvalue weighted by Crippen LogP contribution is -2.01. The quantitative estimate of drug-likeness (QED) is 0.711. The number of methoxy groups -OCH3 is 2. The number of benzene rings is 2. The fourth-order valence-electron chi connectivity index (χ4n) is 2.74. The third-order valence-corrected chi connectivity index (χ3v) is 4.39. The second-order valence-corrected chi connectivity index (χ2v) is 6.30. The number of ether oxygens (including phenoxy) is 3. The van der Waals surface area contributed by atoms with Gasteiger partial charge >= 0.3 is 0 Å². The van der Waals surface area contributed by atoms with E-state index in [1.807, 2.05) is 24.3 Å². The summed E-state index contributed by atoms with van der Waals surface area (Å²) in [6.07, 6.45) is 1.12. The second-order valence-electron chi connectivity index (χ2n) is 6.30. The van der Waals surface area contributed by atoms with Gasteiger partial charge in [0.25, 0.3) is 0 Å². The predicted octanol–water partition coefficient (Wildman–Crippen LogP) is 4.78. The van der Waals surface area contributed by atoms with Crippen molar-refractivity contribution in [3.8, 4) is 11.5 Å². The zero-order valence-electron chi connectivity index (χ0n) is 15.5. The zero-order chi connectivity index (χ0) is 18.2. The maximum absolute atomic E-state index is 10.3. The molecule has 0 aliphatic rings. The van der Waals surface area contributed by atoms with Crippen molar-refractivity contribution in [3.63, 3.8) is 0 Å². The first-order valence-corrected chi connectivity index (χ1v) is 8.63. The Hall–Kier alpha value is -2.04. The molecule has 0 fully saturated rings. The molecule has 136 valence electrons. The van der Waals surface area contributed by atoms with Crippen molar-refractivity contribution in [1.82, 2.24) is 0 Å². The summed E-state index contributed by atoms with van der Waals surface area (Å²) in [5.41, 5.74) is 3.78. The van der Waals surface area contributed by atoms with Crippen LogP contribution in [0.4, 0.5) is 0 Å². The molecule has 4 nitrogen and oxygen atoms in total. The molecule has 1 N–H and O–H groups in total. The summed E-state index contributed by atoms with van der Waals surface area (Å²) in [4.78, 5) is 0. The molecule has 0 aromatic heterocycles. The molecule has 0 radical (unpaired) electrons. The third kappa shape index (κ3) is 5.21. The number of aromatic hydroxyl groups is 1. The predicted molar refractivity (Wildman–Crippen MR) is 99.0 cm³/mol. The van der Waals surface area contributed by atoms with Crippen LogP contribution >= 0.6 is 0 Å². The molecular weight excluding hydrogens is 316 g/mol. The second kappa shape index (κ2) is 9.44. The molecule has 25 heavy (non-hydrogen) atoms. The highest BCUT2D eigenvalue weighted by Crippen LogP contribution is 2.27. The molecule has 0 heterocycles. The molecule has 2 aromatic rings. The topological polar surface area (TPSA) is 47.9 Å². The lowest BCUT2D eigenvalue weighted by atomic mass is 9.99. The molecule has 2 rings (SSSR count). The Morgan fingerprint density at radius 1 is 0.920 bits per heavy atom. The van der Waals surface area contributed by atoms with Crippen LogP contribution in [-0.2, 0) is 29.3 Å². The van der Waals surface area contributed by atoms with E-state index in [-0.39, 0.29) is 5.75 Å². The molecule has 4 heteroatoms. The Balaban J connectivity index is 2.11. The number of rotatable bonds is 9. The van der Waals surface area contributed by atoms with Crippen LogP contribution in [0.2, 0.25) is 0 Å². The molecule has 0 aliphatic heterocycles. The maximum Gasteiger partial charge on any atom is 0.126 e. The average Bonchev–Trinajstić information content (AvgIpc) is 2.63. The Labute approximate surface area is 150 Å². The van der Waals surface area contributed by atoms with Gasteiger partial charge in [-0.05, 0) is 47.7 Å². The molecule has 0 spiro atoms. The number of hydrogen-bond donors (Lipinski definition) is 1. The van der Waals surface area contributed by atoms with E-state index in [0.717, 1.165) is 28.9 Å². The van der Waals surface area contributed by atoms with Gasteiger partial charge in [-0.2, -0.15) is 0 Å². The minimum atomic E-state index is 0.227. The summed E-state index contributed by atoms with van der Waals surface area (Å²) in [6.45, 7) is 5.53. The number of hydrogen-bond acceptors (Lipinski definition) is 4. The monoisotopic (exact) mass is 344 g/mol. The lowest BCUT2D eigenvalue weighted by molar-refractivity contribution is 0.174. The van der Waals surface area contributed by atoms with Crippen molar-refractivity contribution < 1.29 is 19.3 Å². The Bertz CT molecular complexity index is 637. The maximum atomic E-state index is 10.3. The van der Waals surface area contributed by atoms with E-state index in [2.05, 4.69) is 26.0 Å². The van der Waals surface area contributed by atoms with Gasteiger partial charge in [-0.15, -0.1) is 0 Å². The fourth-order valence-corrected chi connectivity index (χ4v) is 2.74. The van der Waals surface area contributed by atoms with Gasteiger partial charge in [-0.1, -0.05) is 26.0 Å². The fraction of sp³-hybridized carbons (Fsp3) is 0.429. The van der Waals surface area contributed by atoms with Crippen molar-refractivity contribution in [2.75, 3.05) is 14.2 Å². The van der Waals surface area contributed by atoms with E-state index in [0.29, 0.717) is 25.7 Å². The summed E-state index contributed by atoms with van der Waals surface area (Å²) in [6, 6.07) is 12.1. The normalized spacial score (nSPS) is 12.2. The molecule has 1 unspecified atom stereocenters. The highest BCUT2D eigenvalue weighted by Gasteiger charge is 2.11. The summed E-state index contributed by atoms with van der Waals surface area (Å²) >= 11 is 0. The first-order chi connectivity index (χ1) is 12.1. The van der Waals surface area contributed by atoms with E-state index < -0.39 is 0 Å². The molecule has 1 atom stereocenters. The third-order valence-electron chi connectivity index (χ3n) is 4.39. The van der Waals surface area contributed by atoms with Gasteiger partial charge in [0.05, 0.1) is 13.2 Å². The van der Waals surface area contributed by atoms with Crippen LogP contribution in [0.5, 0.6) is 11.5 Å². The minimum Gasteiger partial charge on any atom is -0.507 e. The Morgan fingerprint density at radius 2 is 1.48 bits per heavy atom. The van der Waals surface area contributed by atoms with Gasteiger partial charge in [0, 0.05) is 25.3 Å². The lowest BCUT2D eigenvalue weighted by Gasteiger charge is -2.14. The van der Waals surface area contributed by atoms with E-state index in [1.54, 1.807) is 14.2 Å². The largest absolute Gasteiger partial charge is 0.507 e. The van der Waals surface area contributed by atoms with Crippen LogP contribution in [0.25, 0.3) is 0 Å². The van der Waals surface area contributed by atoms with E-state index in [4.69, 9.17) is 14.2 Å². The molecule has 2 aromatic carbocycles. The van der Waals surface area contributed by atoms with Crippen molar-refractivity contribution >= 4 is 0 Å². The molecule has 0 saturated carbocycles. The average molecular weight is 344 g/mol. The van der Waals surface area contributed by atoms with Crippen LogP contribution in [0.1, 0.15) is 48.4 Å². The number of phenols is 1. The smallest absolute Gasteiger partial charge is 0.126 e. The summed E-state index contributed by atoms with van der Waals surface area (Å²) < 4.78 is 16.2. The van der Waals surface area contributed by atoms with Gasteiger partial charge in [-0.3, -0.25) is 0 Å². The number of phenolic OH excluding ortho intramolecular Hbond substituents is 1. The highest BCUT2D eigenvalue weighted by molar-refractivity contribution is 5.43. The minimum absolute atomic E-state index is 0.227. The molecule has 0 aliphatic carbocycles. The van der Waals surface area contributed by atoms with E-state index in [1.165, 1.54) is 5.56 Å². The highest BCUT2D eigenvalue weighted by atomic mass is 16.5. The summed E-state index contributed by atoms with van der Waals surface area (Å²) in [5, 5.41) is 10.3. The van der Waals surface area contributed by atoms with Gasteiger partial charge in [0.15, 0.2) is 0 Å². The van der Waals surface area contributed by atoms with Gasteiger partial charge in [-0.25, -0.2) is 0 Å². The van der Waals surface area contributed by atoms with Crippen molar-refractivity contribution in [1.29, 1.82) is 0 Å². The summed E-state index contributed by atoms with van der Waals surface area (Å²) in [5.74, 6) is 1.62. The molecule has 0 bridgehead atoms. The van der Waals surface area contributed by atoms with E-state index in [9.17, 15) is 5.11 Å². The van der Waals surface area contributed by atoms with Crippen LogP contribution < -0.4 is 4.74 Å². The standard InChI is InChI=1S/C21H28O4/c1-5-15(2)17-6-8-20(9-7-17)25-12-16-10-18(13-23-3)21(22)19(11-16)14-24-4/h6-11,15,22H,5,12-14H2,1-4H3. The van der Waals surface area contributed by atoms with Crippen LogP contribution in [-0.4, -0.2) is 19.3 Å². The Morgan fingerprint density at radius 3 is 1.96 bits per heavy atom. The van der Waals surface area contributed by atoms with Crippen LogP contribution in [0.15, 0.2) is 36.4 Å². The zero-order valence-corrected chi connectivity index (χ0v) is 15.5. The van der Waals surface area contributed by atoms with Gasteiger partial charge < -0.3 is 19.3 Å². The summed E-state index contributed by atoms with van der Waals surface area (Å²) in [7, 11) is 3.22. The molecule has 0 saturated heterocycles. The van der Waals surface area contributed by atoms with Crippen molar-refractivity contribution in [2.24, 2.45) is 0 Å².